The van der Waals surface area contributed by atoms with Crippen molar-refractivity contribution in [2.24, 2.45) is 0 Å². The fourth-order valence-corrected chi connectivity index (χ4v) is 1.51. The molecule has 0 atom stereocenters. The lowest BCUT2D eigenvalue weighted by atomic mass is 10.2. The number of allylic oxidation sites excluding steroid dienone is 1. The monoisotopic (exact) mass is 203 g/mol. The fraction of sp³-hybridized carbons (Fsp3) is 0.308. The molecule has 0 bridgehead atoms. The van der Waals surface area contributed by atoms with Gasteiger partial charge in [0.1, 0.15) is 0 Å². The van der Waals surface area contributed by atoms with Crippen molar-refractivity contribution in [2.45, 2.75) is 13.8 Å². The number of carbonyl (C=O) groups excluding carboxylic acids is 1. The first kappa shape index (κ1) is 11.5. The van der Waals surface area contributed by atoms with E-state index in [0.717, 1.165) is 30.6 Å². The van der Waals surface area contributed by atoms with E-state index in [1.807, 2.05) is 55.2 Å². The number of hydrogen-bond acceptors (Lipinski definition) is 2. The molecule has 2 nitrogen and oxygen atoms in total. The minimum Gasteiger partial charge on any atom is -0.369 e. The van der Waals surface area contributed by atoms with Crippen molar-refractivity contribution >= 4 is 12.4 Å². The Morgan fingerprint density at radius 1 is 1.20 bits per heavy atom. The molecule has 0 unspecified atom stereocenters. The molecule has 1 rings (SSSR count). The van der Waals surface area contributed by atoms with Gasteiger partial charge in [0.05, 0.1) is 5.70 Å². The largest absolute Gasteiger partial charge is 0.369 e. The first-order chi connectivity index (χ1) is 7.31. The maximum absolute atomic E-state index is 11.0. The Bertz CT molecular complexity index is 326. The number of benzene rings is 1. The van der Waals surface area contributed by atoms with E-state index in [2.05, 4.69) is 0 Å². The van der Waals surface area contributed by atoms with Gasteiger partial charge in [0.25, 0.3) is 0 Å². The Hall–Kier alpha value is -1.57. The van der Waals surface area contributed by atoms with Crippen molar-refractivity contribution < 1.29 is 4.79 Å². The van der Waals surface area contributed by atoms with Crippen molar-refractivity contribution in [3.05, 3.63) is 41.6 Å². The molecule has 0 saturated carbocycles. The molecule has 2 heteroatoms. The summed E-state index contributed by atoms with van der Waals surface area (Å²) in [5, 5.41) is 0. The summed E-state index contributed by atoms with van der Waals surface area (Å²) in [5.41, 5.74) is 1.80. The van der Waals surface area contributed by atoms with Crippen LogP contribution in [0.25, 0.3) is 6.08 Å². The summed E-state index contributed by atoms with van der Waals surface area (Å²) in [4.78, 5) is 13.0. The van der Waals surface area contributed by atoms with E-state index in [-0.39, 0.29) is 0 Å². The number of rotatable bonds is 5. The zero-order chi connectivity index (χ0) is 11.1. The first-order valence-corrected chi connectivity index (χ1v) is 5.28. The van der Waals surface area contributed by atoms with Crippen molar-refractivity contribution in [1.29, 1.82) is 0 Å². The maximum Gasteiger partial charge on any atom is 0.166 e. The van der Waals surface area contributed by atoms with Gasteiger partial charge in [-0.05, 0) is 25.5 Å². The standard InChI is InChI=1S/C13H17NO/c1-3-14(4-2)13(11-15)10-12-8-6-5-7-9-12/h5-11H,3-4H2,1-2H3/b13-10+. The summed E-state index contributed by atoms with van der Waals surface area (Å²) in [7, 11) is 0. The lowest BCUT2D eigenvalue weighted by molar-refractivity contribution is -0.106. The summed E-state index contributed by atoms with van der Waals surface area (Å²) in [6.07, 6.45) is 2.83. The van der Waals surface area contributed by atoms with E-state index in [4.69, 9.17) is 0 Å². The molecule has 0 spiro atoms. The molecule has 0 aromatic heterocycles. The third kappa shape index (κ3) is 3.24. The Morgan fingerprint density at radius 2 is 1.80 bits per heavy atom. The lowest BCUT2D eigenvalue weighted by Gasteiger charge is -2.20. The van der Waals surface area contributed by atoms with Gasteiger partial charge in [0, 0.05) is 13.1 Å². The molecule has 0 aliphatic carbocycles. The Morgan fingerprint density at radius 3 is 2.27 bits per heavy atom. The van der Waals surface area contributed by atoms with Gasteiger partial charge < -0.3 is 4.90 Å². The summed E-state index contributed by atoms with van der Waals surface area (Å²) in [6.45, 7) is 5.81. The number of hydrogen-bond donors (Lipinski definition) is 0. The normalized spacial score (nSPS) is 11.2. The molecule has 0 amide bonds. The minimum absolute atomic E-state index is 0.742. The fourth-order valence-electron chi connectivity index (χ4n) is 1.51. The molecule has 0 aliphatic heterocycles. The highest BCUT2D eigenvalue weighted by Gasteiger charge is 2.03. The van der Waals surface area contributed by atoms with Gasteiger partial charge >= 0.3 is 0 Å². The summed E-state index contributed by atoms with van der Waals surface area (Å²) < 4.78 is 0. The van der Waals surface area contributed by atoms with Gasteiger partial charge in [-0.15, -0.1) is 0 Å². The van der Waals surface area contributed by atoms with Gasteiger partial charge in [-0.2, -0.15) is 0 Å². The third-order valence-electron chi connectivity index (χ3n) is 2.36. The van der Waals surface area contributed by atoms with Crippen LogP contribution in [-0.4, -0.2) is 24.3 Å². The van der Waals surface area contributed by atoms with Crippen LogP contribution >= 0.6 is 0 Å². The number of nitrogens with zero attached hydrogens (tertiary/aromatic N) is 1. The second-order valence-corrected chi connectivity index (χ2v) is 3.27. The van der Waals surface area contributed by atoms with Crippen molar-refractivity contribution in [2.75, 3.05) is 13.1 Å². The van der Waals surface area contributed by atoms with E-state index in [0.29, 0.717) is 0 Å². The van der Waals surface area contributed by atoms with Crippen molar-refractivity contribution in [3.8, 4) is 0 Å². The number of likely N-dealkylation sites (N-methyl/N-ethyl adjacent to an activating group) is 1. The Labute approximate surface area is 91.2 Å². The smallest absolute Gasteiger partial charge is 0.166 e. The molecular formula is C13H17NO. The molecule has 15 heavy (non-hydrogen) atoms. The van der Waals surface area contributed by atoms with Gasteiger partial charge in [0.15, 0.2) is 6.29 Å². The van der Waals surface area contributed by atoms with Gasteiger partial charge in [-0.25, -0.2) is 0 Å². The van der Waals surface area contributed by atoms with E-state index in [1.54, 1.807) is 0 Å². The zero-order valence-electron chi connectivity index (χ0n) is 9.31. The highest BCUT2D eigenvalue weighted by Crippen LogP contribution is 2.08. The van der Waals surface area contributed by atoms with Crippen LogP contribution in [0.15, 0.2) is 36.0 Å². The van der Waals surface area contributed by atoms with Crippen LogP contribution in [0.3, 0.4) is 0 Å². The van der Waals surface area contributed by atoms with E-state index in [9.17, 15) is 4.79 Å². The quantitative estimate of drug-likeness (QED) is 0.541. The van der Waals surface area contributed by atoms with Crippen LogP contribution < -0.4 is 0 Å². The molecule has 0 fully saturated rings. The average molecular weight is 203 g/mol. The average Bonchev–Trinajstić information content (AvgIpc) is 2.30. The molecule has 1 aromatic carbocycles. The van der Waals surface area contributed by atoms with Crippen molar-refractivity contribution in [1.82, 2.24) is 4.90 Å². The van der Waals surface area contributed by atoms with E-state index < -0.39 is 0 Å². The predicted octanol–water partition coefficient (Wildman–Crippen LogP) is 2.57. The molecule has 1 aromatic rings. The topological polar surface area (TPSA) is 20.3 Å². The number of carbonyl (C=O) groups is 1. The van der Waals surface area contributed by atoms with Crippen LogP contribution in [0.2, 0.25) is 0 Å². The van der Waals surface area contributed by atoms with Crippen LogP contribution in [0.5, 0.6) is 0 Å². The van der Waals surface area contributed by atoms with Crippen LogP contribution in [0.1, 0.15) is 19.4 Å². The summed E-state index contributed by atoms with van der Waals surface area (Å²) >= 11 is 0. The van der Waals surface area contributed by atoms with Crippen LogP contribution in [0.4, 0.5) is 0 Å². The molecule has 80 valence electrons. The Kier molecular flexibility index (Phi) is 4.61. The SMILES string of the molecule is CCN(CC)/C(C=O)=C/c1ccccc1. The van der Waals surface area contributed by atoms with Crippen LogP contribution in [0, 0.1) is 0 Å². The second-order valence-electron chi connectivity index (χ2n) is 3.27. The van der Waals surface area contributed by atoms with Gasteiger partial charge in [-0.1, -0.05) is 30.3 Å². The highest BCUT2D eigenvalue weighted by atomic mass is 16.1. The predicted molar refractivity (Wildman–Crippen MR) is 63.4 cm³/mol. The molecule has 0 heterocycles. The molecular weight excluding hydrogens is 186 g/mol. The van der Waals surface area contributed by atoms with Gasteiger partial charge in [0.2, 0.25) is 0 Å². The van der Waals surface area contributed by atoms with Crippen LogP contribution in [-0.2, 0) is 4.79 Å². The first-order valence-electron chi connectivity index (χ1n) is 5.28. The molecule has 0 saturated heterocycles. The molecule has 0 aliphatic rings. The Balaban J connectivity index is 2.91. The van der Waals surface area contributed by atoms with Crippen molar-refractivity contribution in [3.63, 3.8) is 0 Å². The lowest BCUT2D eigenvalue weighted by Crippen LogP contribution is -2.22. The highest BCUT2D eigenvalue weighted by molar-refractivity contribution is 5.80. The zero-order valence-corrected chi connectivity index (χ0v) is 9.31. The van der Waals surface area contributed by atoms with Gasteiger partial charge in [-0.3, -0.25) is 4.79 Å². The number of aldehydes is 1. The molecule has 0 radical (unpaired) electrons. The van der Waals surface area contributed by atoms with E-state index >= 15 is 0 Å². The minimum atomic E-state index is 0.742. The molecule has 0 N–H and O–H groups in total. The second kappa shape index (κ2) is 6.02. The maximum atomic E-state index is 11.0. The van der Waals surface area contributed by atoms with E-state index in [1.165, 1.54) is 0 Å². The third-order valence-corrected chi connectivity index (χ3v) is 2.36. The summed E-state index contributed by atoms with van der Waals surface area (Å²) in [5.74, 6) is 0. The summed E-state index contributed by atoms with van der Waals surface area (Å²) in [6, 6.07) is 9.89.